The highest BCUT2D eigenvalue weighted by Crippen LogP contribution is 2.28. The van der Waals surface area contributed by atoms with E-state index in [4.69, 9.17) is 0 Å². The largest absolute Gasteiger partial charge is 0.331 e. The van der Waals surface area contributed by atoms with Gasteiger partial charge < -0.3 is 4.57 Å². The van der Waals surface area contributed by atoms with Gasteiger partial charge in [-0.25, -0.2) is 0 Å². The van der Waals surface area contributed by atoms with E-state index in [2.05, 4.69) is 75.7 Å². The van der Waals surface area contributed by atoms with Crippen LogP contribution in [0.4, 0.5) is 0 Å². The van der Waals surface area contributed by atoms with Crippen LogP contribution in [0.2, 0.25) is 0 Å². The zero-order valence-electron chi connectivity index (χ0n) is 8.15. The number of hydrogen-bond acceptors (Lipinski definition) is 0. The van der Waals surface area contributed by atoms with Crippen molar-refractivity contribution in [2.24, 2.45) is 0 Å². The molecular formula is C13H10IN. The van der Waals surface area contributed by atoms with Crippen LogP contribution in [0.15, 0.2) is 48.5 Å². The number of rotatable bonds is 1. The second-order valence-electron chi connectivity index (χ2n) is 3.58. The molecule has 0 amide bonds. The minimum atomic E-state index is 0.992. The van der Waals surface area contributed by atoms with Gasteiger partial charge in [0, 0.05) is 21.8 Å². The maximum atomic E-state index is 2.41. The molecule has 0 unspecified atom stereocenters. The van der Waals surface area contributed by atoms with Gasteiger partial charge in [0.25, 0.3) is 0 Å². The molecule has 15 heavy (non-hydrogen) atoms. The van der Waals surface area contributed by atoms with Crippen LogP contribution < -0.4 is 0 Å². The van der Waals surface area contributed by atoms with Gasteiger partial charge in [-0.05, 0) is 12.1 Å². The van der Waals surface area contributed by atoms with E-state index in [9.17, 15) is 0 Å². The van der Waals surface area contributed by atoms with Crippen molar-refractivity contribution in [3.63, 3.8) is 0 Å². The van der Waals surface area contributed by atoms with E-state index in [1.807, 2.05) is 0 Å². The maximum Gasteiger partial charge on any atom is 0.0748 e. The fraction of sp³-hybridized carbons (Fsp3) is 0.0769. The van der Waals surface area contributed by atoms with Crippen LogP contribution in [0.1, 0.15) is 0 Å². The molecule has 0 atom stereocenters. The summed E-state index contributed by atoms with van der Waals surface area (Å²) in [5.41, 5.74) is 2.65. The van der Waals surface area contributed by atoms with E-state index < -0.39 is 0 Å². The molecule has 1 heterocycles. The Bertz CT molecular complexity index is 571. The molecule has 0 spiro atoms. The highest BCUT2D eigenvalue weighted by molar-refractivity contribution is 14.1. The molecule has 0 saturated carbocycles. The summed E-state index contributed by atoms with van der Waals surface area (Å²) in [5, 5.41) is 2.70. The molecule has 1 aromatic heterocycles. The number of fused-ring (bicyclic) bond motifs is 3. The molecule has 0 radical (unpaired) electrons. The van der Waals surface area contributed by atoms with Crippen molar-refractivity contribution in [3.8, 4) is 0 Å². The smallest absolute Gasteiger partial charge is 0.0748 e. The van der Waals surface area contributed by atoms with E-state index >= 15 is 0 Å². The predicted molar refractivity (Wildman–Crippen MR) is 73.5 cm³/mol. The van der Waals surface area contributed by atoms with E-state index in [-0.39, 0.29) is 0 Å². The molecule has 1 nitrogen and oxygen atoms in total. The zero-order valence-corrected chi connectivity index (χ0v) is 10.3. The number of benzene rings is 2. The summed E-state index contributed by atoms with van der Waals surface area (Å²) >= 11 is 2.41. The minimum Gasteiger partial charge on any atom is -0.331 e. The first kappa shape index (κ1) is 9.21. The third-order valence-corrected chi connectivity index (χ3v) is 3.48. The minimum absolute atomic E-state index is 0.992. The average Bonchev–Trinajstić information content (AvgIpc) is 2.63. The molecule has 0 fully saturated rings. The first-order valence-electron chi connectivity index (χ1n) is 4.94. The Morgan fingerprint density at radius 2 is 1.27 bits per heavy atom. The molecule has 3 aromatic rings. The van der Waals surface area contributed by atoms with Crippen LogP contribution in [-0.4, -0.2) is 4.57 Å². The molecule has 0 aliphatic heterocycles. The summed E-state index contributed by atoms with van der Waals surface area (Å²) in [5.74, 6) is 0. The summed E-state index contributed by atoms with van der Waals surface area (Å²) < 4.78 is 3.34. The number of aromatic nitrogens is 1. The molecule has 2 aromatic carbocycles. The molecule has 74 valence electrons. The molecular weight excluding hydrogens is 297 g/mol. The van der Waals surface area contributed by atoms with Crippen LogP contribution in [-0.2, 0) is 4.55 Å². The molecule has 0 N–H and O–H groups in total. The average molecular weight is 307 g/mol. The molecule has 0 saturated heterocycles. The van der Waals surface area contributed by atoms with Crippen molar-refractivity contribution in [3.05, 3.63) is 48.5 Å². The summed E-state index contributed by atoms with van der Waals surface area (Å²) in [6.45, 7) is 0. The van der Waals surface area contributed by atoms with Gasteiger partial charge in [0.15, 0.2) is 0 Å². The van der Waals surface area contributed by atoms with Crippen molar-refractivity contribution in [1.82, 2.24) is 4.57 Å². The molecule has 0 aliphatic rings. The second kappa shape index (κ2) is 3.52. The number of alkyl halides is 1. The molecule has 3 rings (SSSR count). The number of nitrogens with zero attached hydrogens (tertiary/aromatic N) is 1. The van der Waals surface area contributed by atoms with Crippen molar-refractivity contribution in [2.75, 3.05) is 0 Å². The zero-order chi connectivity index (χ0) is 10.3. The first-order chi connectivity index (χ1) is 7.42. The van der Waals surface area contributed by atoms with Gasteiger partial charge in [0.2, 0.25) is 0 Å². The van der Waals surface area contributed by atoms with Crippen molar-refractivity contribution in [2.45, 2.75) is 4.55 Å². The van der Waals surface area contributed by atoms with Gasteiger partial charge in [-0.3, -0.25) is 0 Å². The van der Waals surface area contributed by atoms with Crippen LogP contribution in [0.5, 0.6) is 0 Å². The monoisotopic (exact) mass is 307 g/mol. The summed E-state index contributed by atoms with van der Waals surface area (Å²) in [4.78, 5) is 0. The van der Waals surface area contributed by atoms with Gasteiger partial charge in [0.05, 0.1) is 4.55 Å². The second-order valence-corrected chi connectivity index (χ2v) is 4.26. The predicted octanol–water partition coefficient (Wildman–Crippen LogP) is 4.19. The highest BCUT2D eigenvalue weighted by Gasteiger charge is 2.07. The van der Waals surface area contributed by atoms with Crippen LogP contribution in [0, 0.1) is 0 Å². The van der Waals surface area contributed by atoms with Crippen molar-refractivity contribution in [1.29, 1.82) is 0 Å². The Hall–Kier alpha value is -1.03. The highest BCUT2D eigenvalue weighted by atomic mass is 127. The third-order valence-electron chi connectivity index (χ3n) is 2.80. The van der Waals surface area contributed by atoms with E-state index in [0.717, 1.165) is 4.55 Å². The summed E-state index contributed by atoms with van der Waals surface area (Å²) in [7, 11) is 0. The van der Waals surface area contributed by atoms with E-state index in [1.54, 1.807) is 0 Å². The van der Waals surface area contributed by atoms with E-state index in [0.29, 0.717) is 0 Å². The molecule has 0 bridgehead atoms. The van der Waals surface area contributed by atoms with Crippen LogP contribution in [0.3, 0.4) is 0 Å². The topological polar surface area (TPSA) is 4.93 Å². The lowest BCUT2D eigenvalue weighted by Gasteiger charge is -2.00. The SMILES string of the molecule is ICn1c2ccccc2c2ccccc21. The number of halogens is 1. The van der Waals surface area contributed by atoms with Gasteiger partial charge in [-0.15, -0.1) is 0 Å². The Morgan fingerprint density at radius 1 is 0.800 bits per heavy atom. The Balaban J connectivity index is 2.62. The van der Waals surface area contributed by atoms with Gasteiger partial charge in [-0.1, -0.05) is 59.0 Å². The molecule has 2 heteroatoms. The summed E-state index contributed by atoms with van der Waals surface area (Å²) in [6, 6.07) is 17.2. The Kier molecular flexibility index (Phi) is 2.16. The standard InChI is InChI=1S/C13H10IN/c14-9-15-12-7-3-1-5-10(12)11-6-2-4-8-13(11)15/h1-8H,9H2. The Morgan fingerprint density at radius 3 is 1.73 bits per heavy atom. The van der Waals surface area contributed by atoms with Crippen molar-refractivity contribution < 1.29 is 0 Å². The third kappa shape index (κ3) is 1.28. The fourth-order valence-electron chi connectivity index (χ4n) is 2.13. The number of hydrogen-bond donors (Lipinski definition) is 0. The maximum absolute atomic E-state index is 2.41. The summed E-state index contributed by atoms with van der Waals surface area (Å²) in [6.07, 6.45) is 0. The Labute approximate surface area is 102 Å². The lowest BCUT2D eigenvalue weighted by Crippen LogP contribution is -1.89. The van der Waals surface area contributed by atoms with Gasteiger partial charge in [-0.2, -0.15) is 0 Å². The quantitative estimate of drug-likeness (QED) is 0.469. The number of para-hydroxylation sites is 2. The lowest BCUT2D eigenvalue weighted by molar-refractivity contribution is 1.01. The molecule has 0 aliphatic carbocycles. The van der Waals surface area contributed by atoms with Gasteiger partial charge in [0.1, 0.15) is 0 Å². The van der Waals surface area contributed by atoms with Crippen LogP contribution >= 0.6 is 22.6 Å². The van der Waals surface area contributed by atoms with Gasteiger partial charge >= 0.3 is 0 Å². The van der Waals surface area contributed by atoms with Crippen LogP contribution in [0.25, 0.3) is 21.8 Å². The lowest BCUT2D eigenvalue weighted by atomic mass is 10.2. The first-order valence-corrected chi connectivity index (χ1v) is 6.46. The van der Waals surface area contributed by atoms with Crippen molar-refractivity contribution >= 4 is 44.4 Å². The van der Waals surface area contributed by atoms with E-state index in [1.165, 1.54) is 21.8 Å². The normalized spacial score (nSPS) is 11.3. The fourth-order valence-corrected chi connectivity index (χ4v) is 2.87.